The Morgan fingerprint density at radius 2 is 1.72 bits per heavy atom. The molecule has 100 valence electrons. The third-order valence-corrected chi connectivity index (χ3v) is 2.22. The third-order valence-electron chi connectivity index (χ3n) is 2.22. The van der Waals surface area contributed by atoms with E-state index in [-0.39, 0.29) is 0 Å². The van der Waals surface area contributed by atoms with Crippen molar-refractivity contribution >= 4 is 11.8 Å². The number of aliphatic hydroxyl groups is 1. The van der Waals surface area contributed by atoms with Crippen LogP contribution in [0.15, 0.2) is 24.3 Å². The summed E-state index contributed by atoms with van der Waals surface area (Å²) >= 11 is 0. The lowest BCUT2D eigenvalue weighted by Gasteiger charge is -2.23. The molecule has 2 N–H and O–H groups in total. The van der Waals surface area contributed by atoms with Crippen LogP contribution in [0, 0.1) is 0 Å². The van der Waals surface area contributed by atoms with Gasteiger partial charge in [0.2, 0.25) is 0 Å². The van der Waals surface area contributed by atoms with Gasteiger partial charge < -0.3 is 9.84 Å². The average molecular weight is 251 g/mol. The molecule has 0 saturated carbocycles. The zero-order chi connectivity index (χ0) is 14.0. The fourth-order valence-electron chi connectivity index (χ4n) is 1.54. The number of rotatable bonds is 2. The zero-order valence-corrected chi connectivity index (χ0v) is 11.6. The van der Waals surface area contributed by atoms with Crippen LogP contribution in [-0.2, 0) is 10.3 Å². The van der Waals surface area contributed by atoms with E-state index in [1.54, 1.807) is 52.8 Å². The number of benzene rings is 1. The minimum atomic E-state index is -1.02. The van der Waals surface area contributed by atoms with E-state index in [9.17, 15) is 9.90 Å². The number of hydrogen-bond donors (Lipinski definition) is 2. The number of anilines is 1. The van der Waals surface area contributed by atoms with Gasteiger partial charge in [0.1, 0.15) is 5.60 Å². The lowest BCUT2D eigenvalue weighted by Crippen LogP contribution is -2.28. The molecule has 0 unspecified atom stereocenters. The molecule has 0 saturated heterocycles. The summed E-state index contributed by atoms with van der Waals surface area (Å²) in [4.78, 5) is 11.7. The highest BCUT2D eigenvalue weighted by atomic mass is 16.6. The maximum atomic E-state index is 11.7. The number of nitrogens with one attached hydrogen (secondary N) is 1. The first-order valence-electron chi connectivity index (χ1n) is 5.91. The zero-order valence-electron chi connectivity index (χ0n) is 11.6. The molecule has 4 nitrogen and oxygen atoms in total. The number of carbonyl (C=O) groups excluding carboxylic acids is 1. The number of amides is 1. The van der Waals surface area contributed by atoms with Crippen LogP contribution in [0.25, 0.3) is 0 Å². The summed E-state index contributed by atoms with van der Waals surface area (Å²) in [6.07, 6.45) is -0.529. The molecule has 1 rings (SSSR count). The summed E-state index contributed by atoms with van der Waals surface area (Å²) in [6.45, 7) is 8.74. The van der Waals surface area contributed by atoms with Crippen molar-refractivity contribution in [3.63, 3.8) is 0 Å². The molecule has 4 heteroatoms. The summed E-state index contributed by atoms with van der Waals surface area (Å²) in [5.74, 6) is 0. The lowest BCUT2D eigenvalue weighted by molar-refractivity contribution is 0.0632. The van der Waals surface area contributed by atoms with Gasteiger partial charge >= 0.3 is 6.09 Å². The molecular weight excluding hydrogens is 230 g/mol. The molecule has 0 heterocycles. The standard InChI is InChI=1S/C14H21NO3/c1-13(2,3)18-12(16)15-11-9-7-6-8-10(11)14(4,5)17/h6-9,17H,1-5H3,(H,15,16). The highest BCUT2D eigenvalue weighted by Crippen LogP contribution is 2.27. The maximum absolute atomic E-state index is 11.7. The smallest absolute Gasteiger partial charge is 0.412 e. The van der Waals surface area contributed by atoms with Gasteiger partial charge in [0.15, 0.2) is 0 Å². The van der Waals surface area contributed by atoms with Crippen LogP contribution < -0.4 is 5.32 Å². The molecule has 0 aliphatic rings. The van der Waals surface area contributed by atoms with Crippen LogP contribution in [0.4, 0.5) is 10.5 Å². The summed E-state index contributed by atoms with van der Waals surface area (Å²) in [5.41, 5.74) is -0.366. The van der Waals surface area contributed by atoms with Gasteiger partial charge in [-0.2, -0.15) is 0 Å². The normalized spacial score (nSPS) is 12.1. The van der Waals surface area contributed by atoms with Crippen LogP contribution >= 0.6 is 0 Å². The van der Waals surface area contributed by atoms with Crippen molar-refractivity contribution in [1.29, 1.82) is 0 Å². The molecule has 0 atom stereocenters. The van der Waals surface area contributed by atoms with E-state index >= 15 is 0 Å². The molecular formula is C14H21NO3. The van der Waals surface area contributed by atoms with E-state index in [0.717, 1.165) is 0 Å². The Labute approximate surface area is 108 Å². The van der Waals surface area contributed by atoms with E-state index in [4.69, 9.17) is 4.74 Å². The van der Waals surface area contributed by atoms with Crippen LogP contribution in [0.3, 0.4) is 0 Å². The topological polar surface area (TPSA) is 58.6 Å². The van der Waals surface area contributed by atoms with Crippen molar-refractivity contribution in [2.75, 3.05) is 5.32 Å². The monoisotopic (exact) mass is 251 g/mol. The summed E-state index contributed by atoms with van der Waals surface area (Å²) in [6, 6.07) is 7.11. The Kier molecular flexibility index (Phi) is 4.02. The Morgan fingerprint density at radius 3 is 2.22 bits per heavy atom. The lowest BCUT2D eigenvalue weighted by atomic mass is 9.96. The van der Waals surface area contributed by atoms with Gasteiger partial charge in [-0.05, 0) is 40.7 Å². The highest BCUT2D eigenvalue weighted by Gasteiger charge is 2.22. The van der Waals surface area contributed by atoms with Crippen molar-refractivity contribution < 1.29 is 14.6 Å². The summed E-state index contributed by atoms with van der Waals surface area (Å²) in [5, 5.41) is 12.7. The Hall–Kier alpha value is -1.55. The molecule has 1 aromatic carbocycles. The second-order valence-corrected chi connectivity index (χ2v) is 5.73. The first-order chi connectivity index (χ1) is 8.09. The predicted molar refractivity (Wildman–Crippen MR) is 71.5 cm³/mol. The molecule has 0 bridgehead atoms. The molecule has 0 aliphatic carbocycles. The first-order valence-corrected chi connectivity index (χ1v) is 5.91. The van der Waals surface area contributed by atoms with Gasteiger partial charge in [0, 0.05) is 5.56 Å². The fourth-order valence-corrected chi connectivity index (χ4v) is 1.54. The first kappa shape index (κ1) is 14.5. The average Bonchev–Trinajstić information content (AvgIpc) is 2.13. The van der Waals surface area contributed by atoms with Crippen molar-refractivity contribution in [2.45, 2.75) is 45.8 Å². The number of carbonyl (C=O) groups is 1. The summed E-state index contributed by atoms with van der Waals surface area (Å²) in [7, 11) is 0. The van der Waals surface area contributed by atoms with E-state index in [1.807, 2.05) is 6.07 Å². The van der Waals surface area contributed by atoms with Crippen molar-refractivity contribution in [2.24, 2.45) is 0 Å². The molecule has 1 amide bonds. The van der Waals surface area contributed by atoms with Crippen LogP contribution in [0.1, 0.15) is 40.2 Å². The molecule has 0 spiro atoms. The predicted octanol–water partition coefficient (Wildman–Crippen LogP) is 3.26. The van der Waals surface area contributed by atoms with Gasteiger partial charge in [0.05, 0.1) is 11.3 Å². The number of para-hydroxylation sites is 1. The molecule has 18 heavy (non-hydrogen) atoms. The molecule has 0 aliphatic heterocycles. The van der Waals surface area contributed by atoms with Crippen molar-refractivity contribution in [1.82, 2.24) is 0 Å². The van der Waals surface area contributed by atoms with Gasteiger partial charge in [-0.3, -0.25) is 5.32 Å². The van der Waals surface area contributed by atoms with Crippen LogP contribution in [0.5, 0.6) is 0 Å². The number of hydrogen-bond acceptors (Lipinski definition) is 3. The number of ether oxygens (including phenoxy) is 1. The molecule has 0 radical (unpaired) electrons. The quantitative estimate of drug-likeness (QED) is 0.848. The van der Waals surface area contributed by atoms with E-state index < -0.39 is 17.3 Å². The SMILES string of the molecule is CC(C)(C)OC(=O)Nc1ccccc1C(C)(C)O. The molecule has 0 fully saturated rings. The van der Waals surface area contributed by atoms with Crippen LogP contribution in [-0.4, -0.2) is 16.8 Å². The van der Waals surface area contributed by atoms with Gasteiger partial charge in [-0.15, -0.1) is 0 Å². The van der Waals surface area contributed by atoms with Gasteiger partial charge in [-0.1, -0.05) is 18.2 Å². The Morgan fingerprint density at radius 1 is 1.17 bits per heavy atom. The van der Waals surface area contributed by atoms with Crippen molar-refractivity contribution in [3.8, 4) is 0 Å². The van der Waals surface area contributed by atoms with Crippen molar-refractivity contribution in [3.05, 3.63) is 29.8 Å². The van der Waals surface area contributed by atoms with E-state index in [2.05, 4.69) is 5.32 Å². The van der Waals surface area contributed by atoms with Gasteiger partial charge in [-0.25, -0.2) is 4.79 Å². The van der Waals surface area contributed by atoms with Gasteiger partial charge in [0.25, 0.3) is 0 Å². The minimum Gasteiger partial charge on any atom is -0.444 e. The Balaban J connectivity index is 2.89. The Bertz CT molecular complexity index is 427. The van der Waals surface area contributed by atoms with Crippen LogP contribution in [0.2, 0.25) is 0 Å². The molecule has 1 aromatic rings. The summed E-state index contributed by atoms with van der Waals surface area (Å²) < 4.78 is 5.18. The minimum absolute atomic E-state index is 0.529. The molecule has 0 aromatic heterocycles. The highest BCUT2D eigenvalue weighted by molar-refractivity contribution is 5.86. The second kappa shape index (κ2) is 4.98. The van der Waals surface area contributed by atoms with E-state index in [0.29, 0.717) is 11.3 Å². The maximum Gasteiger partial charge on any atom is 0.412 e. The second-order valence-electron chi connectivity index (χ2n) is 5.73. The third kappa shape index (κ3) is 4.37. The van der Waals surface area contributed by atoms with E-state index in [1.165, 1.54) is 0 Å². The fraction of sp³-hybridized carbons (Fsp3) is 0.500. The largest absolute Gasteiger partial charge is 0.444 e.